The maximum Gasteiger partial charge on any atom is 0.322 e. The fourth-order valence-corrected chi connectivity index (χ4v) is 2.65. The van der Waals surface area contributed by atoms with Gasteiger partial charge in [-0.15, -0.1) is 0 Å². The number of aromatic nitrogens is 3. The Morgan fingerprint density at radius 3 is 2.40 bits per heavy atom. The quantitative estimate of drug-likeness (QED) is 0.510. The zero-order chi connectivity index (χ0) is 14.6. The highest BCUT2D eigenvalue weighted by Crippen LogP contribution is 2.33. The largest absolute Gasteiger partial charge is 0.467 e. The van der Waals surface area contributed by atoms with Crippen molar-refractivity contribution in [2.45, 2.75) is 31.2 Å². The molecule has 1 saturated carbocycles. The third-order valence-corrected chi connectivity index (χ3v) is 3.99. The maximum absolute atomic E-state index is 5.34. The first-order valence-corrected chi connectivity index (χ1v) is 6.77. The van der Waals surface area contributed by atoms with Crippen molar-refractivity contribution in [1.82, 2.24) is 19.9 Å². The Hall–Kier alpha value is -1.67. The summed E-state index contributed by atoms with van der Waals surface area (Å²) in [5.74, 6) is 6.09. The van der Waals surface area contributed by atoms with Crippen LogP contribution in [0, 0.1) is 0 Å². The van der Waals surface area contributed by atoms with Crippen LogP contribution in [0.4, 0.5) is 11.9 Å². The van der Waals surface area contributed by atoms with Gasteiger partial charge in [0.25, 0.3) is 0 Å². The van der Waals surface area contributed by atoms with Crippen LogP contribution in [0.2, 0.25) is 0 Å². The van der Waals surface area contributed by atoms with Crippen LogP contribution in [0.15, 0.2) is 0 Å². The number of hydrazine groups is 1. The van der Waals surface area contributed by atoms with Crippen LogP contribution in [0.1, 0.15) is 25.7 Å². The highest BCUT2D eigenvalue weighted by atomic mass is 16.5. The van der Waals surface area contributed by atoms with Gasteiger partial charge in [-0.25, -0.2) is 5.84 Å². The summed E-state index contributed by atoms with van der Waals surface area (Å²) in [5.41, 5.74) is 2.57. The molecule has 8 nitrogen and oxygen atoms in total. The van der Waals surface area contributed by atoms with Crippen LogP contribution >= 0.6 is 0 Å². The number of hydrogen-bond donors (Lipinski definition) is 3. The predicted octanol–water partition coefficient (Wildman–Crippen LogP) is 0.452. The lowest BCUT2D eigenvalue weighted by Gasteiger charge is -2.36. The van der Waals surface area contributed by atoms with Crippen molar-refractivity contribution in [2.24, 2.45) is 5.84 Å². The molecule has 112 valence electrons. The molecule has 0 radical (unpaired) electrons. The summed E-state index contributed by atoms with van der Waals surface area (Å²) in [6.45, 7) is 0.789. The second-order valence-electron chi connectivity index (χ2n) is 5.29. The monoisotopic (exact) mass is 281 g/mol. The molecular weight excluding hydrogens is 258 g/mol. The van der Waals surface area contributed by atoms with Gasteiger partial charge in [-0.3, -0.25) is 5.43 Å². The van der Waals surface area contributed by atoms with Gasteiger partial charge in [0.2, 0.25) is 11.9 Å². The van der Waals surface area contributed by atoms with Gasteiger partial charge in [0.15, 0.2) is 0 Å². The molecule has 0 aromatic carbocycles. The molecule has 1 heterocycles. The molecule has 1 aromatic heterocycles. The van der Waals surface area contributed by atoms with Crippen LogP contribution in [0.5, 0.6) is 6.01 Å². The fourth-order valence-electron chi connectivity index (χ4n) is 2.65. The summed E-state index contributed by atoms with van der Waals surface area (Å²) in [7, 11) is 5.75. The smallest absolute Gasteiger partial charge is 0.322 e. The van der Waals surface area contributed by atoms with Crippen LogP contribution in [-0.4, -0.2) is 53.1 Å². The minimum atomic E-state index is 0.163. The zero-order valence-corrected chi connectivity index (χ0v) is 12.3. The number of anilines is 2. The van der Waals surface area contributed by atoms with Crippen molar-refractivity contribution in [3.63, 3.8) is 0 Å². The summed E-state index contributed by atoms with van der Waals surface area (Å²) >= 11 is 0. The molecule has 0 saturated heterocycles. The van der Waals surface area contributed by atoms with E-state index < -0.39 is 0 Å². The number of methoxy groups -OCH3 is 1. The number of hydrogen-bond acceptors (Lipinski definition) is 8. The normalized spacial score (nSPS) is 17.2. The topological polar surface area (TPSA) is 101 Å². The Morgan fingerprint density at radius 1 is 1.20 bits per heavy atom. The van der Waals surface area contributed by atoms with Crippen molar-refractivity contribution in [2.75, 3.05) is 38.5 Å². The lowest BCUT2D eigenvalue weighted by atomic mass is 9.96. The first-order valence-electron chi connectivity index (χ1n) is 6.77. The molecule has 1 aliphatic rings. The second-order valence-corrected chi connectivity index (χ2v) is 5.29. The highest BCUT2D eigenvalue weighted by Gasteiger charge is 2.35. The van der Waals surface area contributed by atoms with E-state index in [1.807, 2.05) is 0 Å². The highest BCUT2D eigenvalue weighted by molar-refractivity contribution is 5.35. The third kappa shape index (κ3) is 3.07. The number of nitrogens with zero attached hydrogens (tertiary/aromatic N) is 4. The molecule has 8 heteroatoms. The van der Waals surface area contributed by atoms with E-state index in [0.717, 1.165) is 6.54 Å². The van der Waals surface area contributed by atoms with Crippen molar-refractivity contribution in [3.05, 3.63) is 0 Å². The minimum absolute atomic E-state index is 0.163. The van der Waals surface area contributed by atoms with Crippen LogP contribution in [0.25, 0.3) is 0 Å². The molecule has 1 aliphatic carbocycles. The van der Waals surface area contributed by atoms with E-state index in [2.05, 4.69) is 44.7 Å². The number of likely N-dealkylation sites (N-methyl/N-ethyl adjacent to an activating group) is 1. The standard InChI is InChI=1S/C12H23N7O/c1-19(2)12(6-4-5-7-12)8-14-9-15-10(18-13)17-11(16-9)20-3/h4-8,13H2,1-3H3,(H2,14,15,16,17,18). The van der Waals surface area contributed by atoms with Crippen molar-refractivity contribution >= 4 is 11.9 Å². The van der Waals surface area contributed by atoms with Gasteiger partial charge < -0.3 is 15.0 Å². The Morgan fingerprint density at radius 2 is 1.85 bits per heavy atom. The van der Waals surface area contributed by atoms with Gasteiger partial charge in [-0.2, -0.15) is 15.0 Å². The number of rotatable bonds is 6. The lowest BCUT2D eigenvalue weighted by Crippen LogP contribution is -2.47. The Labute approximate surface area is 119 Å². The van der Waals surface area contributed by atoms with Gasteiger partial charge in [0.05, 0.1) is 7.11 Å². The second kappa shape index (κ2) is 6.19. The van der Waals surface area contributed by atoms with Gasteiger partial charge in [0.1, 0.15) is 0 Å². The third-order valence-electron chi connectivity index (χ3n) is 3.99. The molecule has 1 fully saturated rings. The van der Waals surface area contributed by atoms with Gasteiger partial charge in [-0.1, -0.05) is 12.8 Å². The van der Waals surface area contributed by atoms with Crippen molar-refractivity contribution in [1.29, 1.82) is 0 Å². The molecule has 0 atom stereocenters. The van der Waals surface area contributed by atoms with E-state index in [9.17, 15) is 0 Å². The molecule has 0 aliphatic heterocycles. The summed E-state index contributed by atoms with van der Waals surface area (Å²) in [6.07, 6.45) is 4.88. The van der Waals surface area contributed by atoms with Crippen LogP contribution < -0.4 is 21.3 Å². The molecule has 0 unspecified atom stereocenters. The molecular formula is C12H23N7O. The summed E-state index contributed by atoms with van der Waals surface area (Å²) in [4.78, 5) is 14.6. The van der Waals surface area contributed by atoms with Gasteiger partial charge in [-0.05, 0) is 26.9 Å². The summed E-state index contributed by atoms with van der Waals surface area (Å²) < 4.78 is 5.03. The number of nitrogens with one attached hydrogen (secondary N) is 2. The van der Waals surface area contributed by atoms with Crippen molar-refractivity contribution in [3.8, 4) is 6.01 Å². The Kier molecular flexibility index (Phi) is 4.56. The molecule has 4 N–H and O–H groups in total. The first-order chi connectivity index (χ1) is 9.59. The maximum atomic E-state index is 5.34. The summed E-state index contributed by atoms with van der Waals surface area (Å²) in [6, 6.07) is 0.237. The van der Waals surface area contributed by atoms with Crippen LogP contribution in [-0.2, 0) is 0 Å². The van der Waals surface area contributed by atoms with E-state index in [1.165, 1.54) is 32.8 Å². The summed E-state index contributed by atoms with van der Waals surface area (Å²) in [5, 5.41) is 3.28. The average molecular weight is 281 g/mol. The fraction of sp³-hybridized carbons (Fsp3) is 0.750. The Bertz CT molecular complexity index is 423. The van der Waals surface area contributed by atoms with E-state index in [1.54, 1.807) is 0 Å². The van der Waals surface area contributed by atoms with Crippen LogP contribution in [0.3, 0.4) is 0 Å². The van der Waals surface area contributed by atoms with Gasteiger partial charge in [0, 0.05) is 12.1 Å². The number of ether oxygens (including phenoxy) is 1. The van der Waals surface area contributed by atoms with E-state index >= 15 is 0 Å². The number of nitrogen functional groups attached to an aromatic ring is 1. The molecule has 0 spiro atoms. The van der Waals surface area contributed by atoms with Gasteiger partial charge >= 0.3 is 6.01 Å². The zero-order valence-electron chi connectivity index (χ0n) is 12.3. The predicted molar refractivity (Wildman–Crippen MR) is 77.6 cm³/mol. The number of nitrogens with two attached hydrogens (primary N) is 1. The van der Waals surface area contributed by atoms with Crippen molar-refractivity contribution < 1.29 is 4.74 Å². The molecule has 0 amide bonds. The minimum Gasteiger partial charge on any atom is -0.467 e. The van der Waals surface area contributed by atoms with E-state index in [-0.39, 0.29) is 17.5 Å². The molecule has 2 rings (SSSR count). The van der Waals surface area contributed by atoms with E-state index in [4.69, 9.17) is 10.6 Å². The molecule has 1 aromatic rings. The molecule has 20 heavy (non-hydrogen) atoms. The molecule has 0 bridgehead atoms. The van der Waals surface area contributed by atoms with E-state index in [0.29, 0.717) is 5.95 Å². The lowest BCUT2D eigenvalue weighted by molar-refractivity contribution is 0.172. The first kappa shape index (κ1) is 14.7. The Balaban J connectivity index is 2.09. The SMILES string of the molecule is COc1nc(NN)nc(NCC2(N(C)C)CCCC2)n1. The average Bonchev–Trinajstić information content (AvgIpc) is 2.95.